The predicted octanol–water partition coefficient (Wildman–Crippen LogP) is 3.33. The van der Waals surface area contributed by atoms with Gasteiger partial charge in [-0.05, 0) is 48.0 Å². The van der Waals surface area contributed by atoms with Gasteiger partial charge in [-0.15, -0.1) is 0 Å². The van der Waals surface area contributed by atoms with E-state index in [1.807, 2.05) is 0 Å². The van der Waals surface area contributed by atoms with Crippen molar-refractivity contribution >= 4 is 21.4 Å². The highest BCUT2D eigenvalue weighted by Gasteiger charge is 2.46. The summed E-state index contributed by atoms with van der Waals surface area (Å²) in [5, 5.41) is 13.0. The maximum atomic E-state index is 13.0. The summed E-state index contributed by atoms with van der Waals surface area (Å²) >= 11 is 0. The number of imidazole rings is 1. The van der Waals surface area contributed by atoms with Crippen LogP contribution in [0.5, 0.6) is 5.88 Å². The molecular weight excluding hydrogens is 501 g/mol. The molecule has 1 amide bonds. The number of carbonyl (C=O) groups is 1. The molecule has 4 aromatic rings. The Kier molecular flexibility index (Phi) is 6.41. The maximum absolute atomic E-state index is 13.0. The highest BCUT2D eigenvalue weighted by Crippen LogP contribution is 2.30. The Bertz CT molecular complexity index is 1580. The third-order valence-electron chi connectivity index (χ3n) is 5.18. The van der Waals surface area contributed by atoms with Crippen LogP contribution in [0.2, 0.25) is 0 Å². The summed E-state index contributed by atoms with van der Waals surface area (Å²) in [4.78, 5) is 28.5. The van der Waals surface area contributed by atoms with Gasteiger partial charge < -0.3 is 10.4 Å². The number of anilines is 1. The Hall–Kier alpha value is -4.39. The molecule has 186 valence electrons. The Labute approximate surface area is 202 Å². The van der Waals surface area contributed by atoms with E-state index < -0.39 is 37.7 Å². The number of sulfone groups is 1. The number of nitrogens with zero attached hydrogens (tertiary/aromatic N) is 3. The smallest absolute Gasteiger partial charge is 0.493 e. The fourth-order valence-electron chi connectivity index (χ4n) is 3.38. The van der Waals surface area contributed by atoms with Crippen LogP contribution < -0.4 is 11.0 Å². The van der Waals surface area contributed by atoms with Gasteiger partial charge in [0.2, 0.25) is 5.88 Å². The number of hydrogen-bond donors (Lipinski definition) is 2. The second kappa shape index (κ2) is 9.34. The number of nitrogens with one attached hydrogen (secondary N) is 1. The first-order valence-corrected chi connectivity index (χ1v) is 11.7. The molecule has 0 fully saturated rings. The van der Waals surface area contributed by atoms with Gasteiger partial charge in [0.15, 0.2) is 0 Å². The van der Waals surface area contributed by atoms with Gasteiger partial charge in [0, 0.05) is 11.8 Å². The number of benzene rings is 2. The molecule has 0 aliphatic carbocycles. The lowest BCUT2D eigenvalue weighted by Crippen LogP contribution is -2.25. The van der Waals surface area contributed by atoms with E-state index in [9.17, 15) is 36.3 Å². The molecule has 0 saturated carbocycles. The van der Waals surface area contributed by atoms with Gasteiger partial charge in [0.05, 0.1) is 35.2 Å². The summed E-state index contributed by atoms with van der Waals surface area (Å²) in [6.07, 6.45) is 3.96. The van der Waals surface area contributed by atoms with Gasteiger partial charge in [0.1, 0.15) is 0 Å². The Balaban J connectivity index is 1.62. The normalized spacial score (nSPS) is 11.9. The molecule has 0 atom stereocenters. The van der Waals surface area contributed by atoms with Crippen LogP contribution in [0.1, 0.15) is 15.9 Å². The Morgan fingerprint density at radius 1 is 1.03 bits per heavy atom. The zero-order valence-corrected chi connectivity index (χ0v) is 19.0. The lowest BCUT2D eigenvalue weighted by molar-refractivity contribution is -0.0436. The molecule has 9 nitrogen and oxygen atoms in total. The molecular formula is C23H17F3N4O5S. The van der Waals surface area contributed by atoms with E-state index in [0.717, 1.165) is 27.5 Å². The summed E-state index contributed by atoms with van der Waals surface area (Å²) in [5.41, 5.74) is -5.06. The van der Waals surface area contributed by atoms with E-state index >= 15 is 0 Å². The van der Waals surface area contributed by atoms with Crippen molar-refractivity contribution in [3.05, 3.63) is 101 Å². The molecule has 2 heterocycles. The van der Waals surface area contributed by atoms with Crippen LogP contribution in [0, 0.1) is 0 Å². The number of alkyl halides is 3. The number of carbonyl (C=O) groups excluding carboxylic acids is 1. The number of hydrogen-bond acceptors (Lipinski definition) is 6. The molecule has 0 radical (unpaired) electrons. The van der Waals surface area contributed by atoms with Crippen molar-refractivity contribution in [3.63, 3.8) is 0 Å². The molecule has 2 N–H and O–H groups in total. The minimum Gasteiger partial charge on any atom is -0.493 e. The fraction of sp³-hybridized carbons (Fsp3) is 0.0870. The molecule has 0 aliphatic rings. The summed E-state index contributed by atoms with van der Waals surface area (Å²) in [6, 6.07) is 13.3. The second-order valence-corrected chi connectivity index (χ2v) is 9.47. The maximum Gasteiger partial charge on any atom is 0.501 e. The third-order valence-corrected chi connectivity index (χ3v) is 6.69. The molecule has 0 unspecified atom stereocenters. The second-order valence-electron chi connectivity index (χ2n) is 7.53. The first kappa shape index (κ1) is 24.7. The van der Waals surface area contributed by atoms with Crippen molar-refractivity contribution in [2.75, 3.05) is 5.32 Å². The van der Waals surface area contributed by atoms with Crippen molar-refractivity contribution < 1.29 is 31.5 Å². The van der Waals surface area contributed by atoms with Crippen molar-refractivity contribution in [3.8, 4) is 11.6 Å². The van der Waals surface area contributed by atoms with E-state index in [-0.39, 0.29) is 12.2 Å². The van der Waals surface area contributed by atoms with Gasteiger partial charge >= 0.3 is 11.2 Å². The van der Waals surface area contributed by atoms with E-state index in [0.29, 0.717) is 28.9 Å². The molecule has 0 spiro atoms. The molecule has 4 rings (SSSR count). The Morgan fingerprint density at radius 3 is 2.33 bits per heavy atom. The molecule has 36 heavy (non-hydrogen) atoms. The van der Waals surface area contributed by atoms with E-state index in [2.05, 4.69) is 10.3 Å². The van der Waals surface area contributed by atoms with Crippen LogP contribution in [0.3, 0.4) is 0 Å². The molecule has 2 aromatic heterocycles. The van der Waals surface area contributed by atoms with Crippen molar-refractivity contribution in [1.82, 2.24) is 14.1 Å². The summed E-state index contributed by atoms with van der Waals surface area (Å²) < 4.78 is 63.3. The minimum absolute atomic E-state index is 0.0512. The summed E-state index contributed by atoms with van der Waals surface area (Å²) in [5.74, 6) is -0.929. The lowest BCUT2D eigenvalue weighted by atomic mass is 10.2. The first-order valence-electron chi connectivity index (χ1n) is 10.2. The van der Waals surface area contributed by atoms with E-state index in [1.54, 1.807) is 36.4 Å². The first-order chi connectivity index (χ1) is 17.0. The summed E-state index contributed by atoms with van der Waals surface area (Å²) in [6.45, 7) is -0.0904. The van der Waals surface area contributed by atoms with E-state index in [4.69, 9.17) is 0 Å². The zero-order valence-electron chi connectivity index (χ0n) is 18.2. The molecule has 0 saturated heterocycles. The number of aromatic nitrogens is 3. The third kappa shape index (κ3) is 4.73. The minimum atomic E-state index is -5.56. The number of pyridine rings is 1. The largest absolute Gasteiger partial charge is 0.501 e. The monoisotopic (exact) mass is 518 g/mol. The van der Waals surface area contributed by atoms with Crippen LogP contribution in [-0.2, 0) is 16.4 Å². The highest BCUT2D eigenvalue weighted by atomic mass is 32.2. The van der Waals surface area contributed by atoms with Crippen LogP contribution in [0.15, 0.2) is 88.9 Å². The van der Waals surface area contributed by atoms with Crippen LogP contribution in [0.4, 0.5) is 18.9 Å². The van der Waals surface area contributed by atoms with Crippen LogP contribution in [-0.4, -0.2) is 39.1 Å². The van der Waals surface area contributed by atoms with Crippen LogP contribution in [0.25, 0.3) is 5.69 Å². The van der Waals surface area contributed by atoms with Crippen molar-refractivity contribution in [2.45, 2.75) is 16.9 Å². The average molecular weight is 518 g/mol. The molecule has 0 aliphatic heterocycles. The van der Waals surface area contributed by atoms with Crippen molar-refractivity contribution in [1.29, 1.82) is 0 Å². The average Bonchev–Trinajstić information content (AvgIpc) is 3.12. The number of amides is 1. The SMILES string of the molecule is O=C(Nc1cnccc1Cn1cc(O)n(-c2ccc(S(=O)(=O)C(F)(F)F)cc2)c1=O)c1ccccc1. The van der Waals surface area contributed by atoms with Gasteiger partial charge in [0.25, 0.3) is 15.7 Å². The quantitative estimate of drug-likeness (QED) is 0.404. The van der Waals surface area contributed by atoms with Gasteiger partial charge in [-0.25, -0.2) is 17.8 Å². The fourth-order valence-corrected chi connectivity index (χ4v) is 4.15. The zero-order chi connectivity index (χ0) is 26.1. The lowest BCUT2D eigenvalue weighted by Gasteiger charge is -2.11. The molecule has 0 bridgehead atoms. The van der Waals surface area contributed by atoms with Crippen molar-refractivity contribution in [2.24, 2.45) is 0 Å². The van der Waals surface area contributed by atoms with E-state index in [1.165, 1.54) is 12.4 Å². The molecule has 2 aromatic carbocycles. The standard InChI is InChI=1S/C23H17F3N4O5S/c24-23(25,26)36(34,35)18-8-6-17(7-9-18)30-20(31)14-29(22(30)33)13-16-10-11-27-12-19(16)28-21(32)15-4-2-1-3-5-15/h1-12,14,31H,13H2,(H,28,32). The summed E-state index contributed by atoms with van der Waals surface area (Å²) in [7, 11) is -5.56. The van der Waals surface area contributed by atoms with Gasteiger partial charge in [-0.3, -0.25) is 14.3 Å². The topological polar surface area (TPSA) is 123 Å². The molecule has 13 heteroatoms. The number of aromatic hydroxyl groups is 1. The van der Waals surface area contributed by atoms with Gasteiger partial charge in [-0.2, -0.15) is 13.2 Å². The number of rotatable bonds is 6. The predicted molar refractivity (Wildman–Crippen MR) is 123 cm³/mol. The number of halogens is 3. The van der Waals surface area contributed by atoms with Gasteiger partial charge in [-0.1, -0.05) is 18.2 Å². The highest BCUT2D eigenvalue weighted by molar-refractivity contribution is 7.92. The Morgan fingerprint density at radius 2 is 1.69 bits per heavy atom. The van der Waals surface area contributed by atoms with Crippen LogP contribution >= 0.6 is 0 Å².